The first kappa shape index (κ1) is 12.4. The number of hydrogen-bond acceptors (Lipinski definition) is 4. The minimum absolute atomic E-state index is 0.309. The normalized spacial score (nSPS) is 17.9. The van der Waals surface area contributed by atoms with E-state index in [-0.39, 0.29) is 0 Å². The third-order valence-corrected chi connectivity index (χ3v) is 4.26. The Bertz CT molecular complexity index is 802. The van der Waals surface area contributed by atoms with Crippen LogP contribution in [0.15, 0.2) is 29.0 Å². The number of nitrogens with one attached hydrogen (secondary N) is 1. The lowest BCUT2D eigenvalue weighted by Gasteiger charge is -2.23. The van der Waals surface area contributed by atoms with E-state index in [4.69, 9.17) is 4.42 Å². The smallest absolute Gasteiger partial charge is 0.157 e. The van der Waals surface area contributed by atoms with Crippen LogP contribution in [0, 0.1) is 6.92 Å². The molecule has 0 aromatic carbocycles. The molecule has 0 radical (unpaired) electrons. The summed E-state index contributed by atoms with van der Waals surface area (Å²) in [5.41, 5.74) is 4.25. The Balaban J connectivity index is 1.68. The highest BCUT2D eigenvalue weighted by Crippen LogP contribution is 2.33. The molecular formula is C16H18N4O. The molecule has 0 amide bonds. The second kappa shape index (κ2) is 4.62. The fraction of sp³-hybridized carbons (Fsp3) is 0.375. The molecule has 0 saturated heterocycles. The number of aromatic nitrogens is 3. The molecule has 4 rings (SSSR count). The van der Waals surface area contributed by atoms with Gasteiger partial charge in [-0.25, -0.2) is 4.98 Å². The van der Waals surface area contributed by atoms with E-state index < -0.39 is 0 Å². The van der Waals surface area contributed by atoms with Crippen molar-refractivity contribution >= 4 is 16.7 Å². The quantitative estimate of drug-likeness (QED) is 0.783. The van der Waals surface area contributed by atoms with Crippen molar-refractivity contribution in [3.05, 3.63) is 41.6 Å². The van der Waals surface area contributed by atoms with Crippen LogP contribution in [0.2, 0.25) is 0 Å². The summed E-state index contributed by atoms with van der Waals surface area (Å²) in [6.45, 7) is 2.02. The summed E-state index contributed by atoms with van der Waals surface area (Å²) in [7, 11) is 1.92. The lowest BCUT2D eigenvalue weighted by molar-refractivity contribution is 0.461. The number of hydrogen-bond donors (Lipinski definition) is 1. The van der Waals surface area contributed by atoms with Gasteiger partial charge in [0, 0.05) is 24.4 Å². The molecule has 21 heavy (non-hydrogen) atoms. The average Bonchev–Trinajstić information content (AvgIpc) is 3.06. The fourth-order valence-corrected chi connectivity index (χ4v) is 3.22. The van der Waals surface area contributed by atoms with E-state index in [0.717, 1.165) is 47.4 Å². The van der Waals surface area contributed by atoms with Crippen LogP contribution >= 0.6 is 0 Å². The predicted molar refractivity (Wildman–Crippen MR) is 81.3 cm³/mol. The zero-order valence-electron chi connectivity index (χ0n) is 12.3. The Kier molecular flexibility index (Phi) is 2.74. The second-order valence-electron chi connectivity index (χ2n) is 5.69. The van der Waals surface area contributed by atoms with Crippen molar-refractivity contribution < 1.29 is 4.42 Å². The minimum Gasteiger partial charge on any atom is -0.469 e. The first-order valence-electron chi connectivity index (χ1n) is 7.34. The van der Waals surface area contributed by atoms with E-state index in [1.165, 1.54) is 5.56 Å². The SMILES string of the molecule is Cc1nn(C)c2ncc(NC3CCCc4occc43)cc12. The molecule has 3 heterocycles. The summed E-state index contributed by atoms with van der Waals surface area (Å²) in [5, 5.41) is 9.11. The van der Waals surface area contributed by atoms with Gasteiger partial charge in [-0.3, -0.25) is 4.68 Å². The van der Waals surface area contributed by atoms with Crippen molar-refractivity contribution in [3.8, 4) is 0 Å². The zero-order valence-corrected chi connectivity index (χ0v) is 12.3. The number of anilines is 1. The Labute approximate surface area is 123 Å². The Hall–Kier alpha value is -2.30. The molecule has 5 nitrogen and oxygen atoms in total. The number of rotatable bonds is 2. The summed E-state index contributed by atoms with van der Waals surface area (Å²) in [4.78, 5) is 4.53. The van der Waals surface area contributed by atoms with Gasteiger partial charge in [0.25, 0.3) is 0 Å². The molecule has 1 aliphatic rings. The van der Waals surface area contributed by atoms with Gasteiger partial charge in [0.2, 0.25) is 0 Å². The van der Waals surface area contributed by atoms with Crippen LogP contribution < -0.4 is 5.32 Å². The summed E-state index contributed by atoms with van der Waals surface area (Å²) in [6, 6.07) is 4.52. The van der Waals surface area contributed by atoms with Gasteiger partial charge in [0.15, 0.2) is 5.65 Å². The Morgan fingerprint density at radius 2 is 2.33 bits per heavy atom. The molecule has 0 fully saturated rings. The van der Waals surface area contributed by atoms with E-state index in [0.29, 0.717) is 6.04 Å². The molecule has 0 aliphatic heterocycles. The largest absolute Gasteiger partial charge is 0.469 e. The van der Waals surface area contributed by atoms with Gasteiger partial charge in [-0.1, -0.05) is 0 Å². The number of aryl methyl sites for hydroxylation is 3. The van der Waals surface area contributed by atoms with Crippen molar-refractivity contribution in [2.45, 2.75) is 32.2 Å². The van der Waals surface area contributed by atoms with Gasteiger partial charge in [-0.2, -0.15) is 5.10 Å². The number of pyridine rings is 1. The third kappa shape index (κ3) is 2.00. The zero-order chi connectivity index (χ0) is 14.4. The first-order valence-corrected chi connectivity index (χ1v) is 7.34. The summed E-state index contributed by atoms with van der Waals surface area (Å²) < 4.78 is 7.37. The maximum absolute atomic E-state index is 5.55. The van der Waals surface area contributed by atoms with Crippen LogP contribution in [0.1, 0.15) is 35.9 Å². The third-order valence-electron chi connectivity index (χ3n) is 4.26. The maximum atomic E-state index is 5.55. The van der Waals surface area contributed by atoms with E-state index in [1.54, 1.807) is 6.26 Å². The molecule has 0 spiro atoms. The monoisotopic (exact) mass is 282 g/mol. The Morgan fingerprint density at radius 3 is 3.24 bits per heavy atom. The molecule has 3 aromatic rings. The second-order valence-corrected chi connectivity index (χ2v) is 5.69. The van der Waals surface area contributed by atoms with Gasteiger partial charge in [0.1, 0.15) is 5.76 Å². The summed E-state index contributed by atoms with van der Waals surface area (Å²) >= 11 is 0. The van der Waals surface area contributed by atoms with Gasteiger partial charge >= 0.3 is 0 Å². The number of fused-ring (bicyclic) bond motifs is 2. The first-order chi connectivity index (χ1) is 10.2. The van der Waals surface area contributed by atoms with E-state index in [1.807, 2.05) is 24.9 Å². The molecule has 108 valence electrons. The van der Waals surface area contributed by atoms with Gasteiger partial charge < -0.3 is 9.73 Å². The molecule has 3 aromatic heterocycles. The number of furan rings is 1. The van der Waals surface area contributed by atoms with E-state index in [2.05, 4.69) is 27.5 Å². The lowest BCUT2D eigenvalue weighted by atomic mass is 9.93. The highest BCUT2D eigenvalue weighted by atomic mass is 16.3. The molecule has 1 aliphatic carbocycles. The van der Waals surface area contributed by atoms with Crippen molar-refractivity contribution in [1.29, 1.82) is 0 Å². The van der Waals surface area contributed by atoms with Crippen molar-refractivity contribution in [1.82, 2.24) is 14.8 Å². The topological polar surface area (TPSA) is 55.9 Å². The fourth-order valence-electron chi connectivity index (χ4n) is 3.22. The Morgan fingerprint density at radius 1 is 1.43 bits per heavy atom. The molecular weight excluding hydrogens is 264 g/mol. The molecule has 1 unspecified atom stereocenters. The van der Waals surface area contributed by atoms with Crippen LogP contribution in [-0.2, 0) is 13.5 Å². The molecule has 0 bridgehead atoms. The minimum atomic E-state index is 0.309. The van der Waals surface area contributed by atoms with Gasteiger partial charge in [0.05, 0.1) is 29.9 Å². The van der Waals surface area contributed by atoms with Crippen LogP contribution in [0.4, 0.5) is 5.69 Å². The predicted octanol–water partition coefficient (Wildman–Crippen LogP) is 3.36. The van der Waals surface area contributed by atoms with E-state index >= 15 is 0 Å². The van der Waals surface area contributed by atoms with Gasteiger partial charge in [-0.15, -0.1) is 0 Å². The highest BCUT2D eigenvalue weighted by molar-refractivity contribution is 5.81. The lowest BCUT2D eigenvalue weighted by Crippen LogP contribution is -2.16. The number of nitrogens with zero attached hydrogens (tertiary/aromatic N) is 3. The van der Waals surface area contributed by atoms with Crippen molar-refractivity contribution in [3.63, 3.8) is 0 Å². The highest BCUT2D eigenvalue weighted by Gasteiger charge is 2.22. The average molecular weight is 282 g/mol. The molecule has 1 N–H and O–H groups in total. The van der Waals surface area contributed by atoms with E-state index in [9.17, 15) is 0 Å². The van der Waals surface area contributed by atoms with Crippen LogP contribution in [0.5, 0.6) is 0 Å². The van der Waals surface area contributed by atoms with Crippen molar-refractivity contribution in [2.24, 2.45) is 7.05 Å². The maximum Gasteiger partial charge on any atom is 0.157 e. The molecule has 0 saturated carbocycles. The van der Waals surface area contributed by atoms with Crippen molar-refractivity contribution in [2.75, 3.05) is 5.32 Å². The van der Waals surface area contributed by atoms with Crippen LogP contribution in [-0.4, -0.2) is 14.8 Å². The standard InChI is InChI=1S/C16H18N4O/c1-10-13-8-11(9-17-16(13)20(2)19-10)18-14-4-3-5-15-12(14)6-7-21-15/h6-9,14,18H,3-5H2,1-2H3. The van der Waals surface area contributed by atoms with Crippen LogP contribution in [0.3, 0.4) is 0 Å². The summed E-state index contributed by atoms with van der Waals surface area (Å²) in [5.74, 6) is 1.12. The summed E-state index contributed by atoms with van der Waals surface area (Å²) in [6.07, 6.45) is 6.99. The molecule has 5 heteroatoms. The molecule has 1 atom stereocenters. The van der Waals surface area contributed by atoms with Crippen LogP contribution in [0.25, 0.3) is 11.0 Å². The van der Waals surface area contributed by atoms with Gasteiger partial charge in [-0.05, 0) is 31.9 Å².